The van der Waals surface area contributed by atoms with E-state index < -0.39 is 17.1 Å². The van der Waals surface area contributed by atoms with Crippen LogP contribution in [0, 0.1) is 29.6 Å². The van der Waals surface area contributed by atoms with E-state index in [1.807, 2.05) is 12.1 Å². The number of hydrogen-bond donors (Lipinski definition) is 3. The fourth-order valence-corrected chi connectivity index (χ4v) is 5.89. The quantitative estimate of drug-likeness (QED) is 0.645. The molecule has 6 atom stereocenters. The lowest BCUT2D eigenvalue weighted by molar-refractivity contribution is -0.107. The van der Waals surface area contributed by atoms with E-state index in [0.717, 1.165) is 24.8 Å². The molecule has 4 rings (SSSR count). The van der Waals surface area contributed by atoms with Crippen molar-refractivity contribution >= 4 is 0 Å². The van der Waals surface area contributed by atoms with E-state index in [2.05, 4.69) is 12.8 Å². The fraction of sp³-hybridized carbons (Fsp3) is 0.600. The van der Waals surface area contributed by atoms with Gasteiger partial charge < -0.3 is 15.3 Å². The van der Waals surface area contributed by atoms with Crippen LogP contribution in [0.2, 0.25) is 0 Å². The number of terminal acetylenes is 1. The van der Waals surface area contributed by atoms with E-state index in [-0.39, 0.29) is 5.92 Å². The molecule has 1 aromatic rings. The molecule has 2 saturated carbocycles. The second-order valence-corrected chi connectivity index (χ2v) is 7.95. The summed E-state index contributed by atoms with van der Waals surface area (Å²) in [7, 11) is 0. The van der Waals surface area contributed by atoms with Crippen LogP contribution in [0.1, 0.15) is 49.7 Å². The molecule has 2 fully saturated rings. The van der Waals surface area contributed by atoms with E-state index >= 15 is 0 Å². The molecule has 0 unspecified atom stereocenters. The molecule has 0 bridgehead atoms. The molecular weight excluding hydrogens is 288 g/mol. The molecule has 3 aliphatic carbocycles. The molecule has 3 N–H and O–H groups in total. The topological polar surface area (TPSA) is 60.7 Å². The first-order chi connectivity index (χ1) is 10.9. The highest BCUT2D eigenvalue weighted by Crippen LogP contribution is 2.64. The minimum absolute atomic E-state index is 0.0950. The van der Waals surface area contributed by atoms with Gasteiger partial charge in [-0.05, 0) is 67.2 Å². The van der Waals surface area contributed by atoms with Crippen LogP contribution < -0.4 is 0 Å². The van der Waals surface area contributed by atoms with Crippen molar-refractivity contribution in [3.05, 3.63) is 29.3 Å². The van der Waals surface area contributed by atoms with Gasteiger partial charge in [-0.2, -0.15) is 0 Å². The largest absolute Gasteiger partial charge is 0.508 e. The summed E-state index contributed by atoms with van der Waals surface area (Å²) in [6, 6.07) is 5.52. The third-order valence-corrected chi connectivity index (χ3v) is 7.08. The number of aryl methyl sites for hydroxylation is 1. The number of aromatic hydroxyl groups is 1. The van der Waals surface area contributed by atoms with Gasteiger partial charge in [0, 0.05) is 11.3 Å². The van der Waals surface area contributed by atoms with Gasteiger partial charge in [0.2, 0.25) is 0 Å². The SMILES string of the molecule is C#C[C@@]1(O)CC[C@H]2[C@H]3CCc4cc(O)ccc4[C@H]3[C@H](O)C[C@]21C. The Balaban J connectivity index is 1.77. The Labute approximate surface area is 137 Å². The number of rotatable bonds is 0. The zero-order chi connectivity index (χ0) is 16.4. The van der Waals surface area contributed by atoms with E-state index in [4.69, 9.17) is 6.42 Å². The molecular formula is C20H24O3. The summed E-state index contributed by atoms with van der Waals surface area (Å²) in [6.45, 7) is 2.07. The van der Waals surface area contributed by atoms with E-state index in [9.17, 15) is 15.3 Å². The Bertz CT molecular complexity index is 691. The Hall–Kier alpha value is -1.50. The minimum atomic E-state index is -1.10. The molecule has 0 spiro atoms. The first-order valence-electron chi connectivity index (χ1n) is 8.59. The van der Waals surface area contributed by atoms with E-state index in [0.29, 0.717) is 30.4 Å². The van der Waals surface area contributed by atoms with Gasteiger partial charge in [0.05, 0.1) is 6.10 Å². The third kappa shape index (κ3) is 1.86. The van der Waals surface area contributed by atoms with Crippen molar-refractivity contribution in [2.24, 2.45) is 17.3 Å². The van der Waals surface area contributed by atoms with Crippen molar-refractivity contribution in [3.63, 3.8) is 0 Å². The van der Waals surface area contributed by atoms with Crippen LogP contribution in [-0.4, -0.2) is 27.0 Å². The normalized spacial score (nSPS) is 44.8. The predicted octanol–water partition coefficient (Wildman–Crippen LogP) is 2.58. The lowest BCUT2D eigenvalue weighted by Gasteiger charge is -2.54. The van der Waals surface area contributed by atoms with Crippen molar-refractivity contribution < 1.29 is 15.3 Å². The van der Waals surface area contributed by atoms with Crippen LogP contribution in [0.3, 0.4) is 0 Å². The number of phenolic OH excluding ortho intramolecular Hbond substituents is 1. The lowest BCUT2D eigenvalue weighted by Crippen LogP contribution is -2.54. The summed E-state index contributed by atoms with van der Waals surface area (Å²) in [5.41, 5.74) is 0.819. The van der Waals surface area contributed by atoms with Crippen LogP contribution in [0.5, 0.6) is 5.75 Å². The highest BCUT2D eigenvalue weighted by atomic mass is 16.3. The van der Waals surface area contributed by atoms with Crippen LogP contribution in [0.25, 0.3) is 0 Å². The van der Waals surface area contributed by atoms with Crippen LogP contribution in [0.15, 0.2) is 18.2 Å². The maximum absolute atomic E-state index is 10.9. The number of hydrogen-bond acceptors (Lipinski definition) is 3. The van der Waals surface area contributed by atoms with E-state index in [1.54, 1.807) is 6.07 Å². The van der Waals surface area contributed by atoms with Crippen molar-refractivity contribution in [1.82, 2.24) is 0 Å². The number of aliphatic hydroxyl groups excluding tert-OH is 1. The molecule has 3 aliphatic rings. The summed E-state index contributed by atoms with van der Waals surface area (Å²) >= 11 is 0. The second-order valence-electron chi connectivity index (χ2n) is 7.95. The summed E-state index contributed by atoms with van der Waals surface area (Å²) in [5.74, 6) is 3.72. The summed E-state index contributed by atoms with van der Waals surface area (Å²) in [6.07, 6.45) is 9.16. The van der Waals surface area contributed by atoms with Gasteiger partial charge >= 0.3 is 0 Å². The highest BCUT2D eigenvalue weighted by molar-refractivity contribution is 5.41. The average molecular weight is 312 g/mol. The van der Waals surface area contributed by atoms with Gasteiger partial charge in [-0.3, -0.25) is 0 Å². The average Bonchev–Trinajstić information content (AvgIpc) is 2.78. The minimum Gasteiger partial charge on any atom is -0.508 e. The van der Waals surface area contributed by atoms with Gasteiger partial charge in [0.15, 0.2) is 0 Å². The number of phenols is 1. The Morgan fingerprint density at radius 1 is 1.30 bits per heavy atom. The standard InChI is InChI=1S/C20H24O3/c1-3-20(23)9-8-16-15-6-4-12-10-13(21)5-7-14(12)18(15)17(22)11-19(16,20)2/h1,5,7,10,15-18,21-23H,4,6,8-9,11H2,2H3/t15-,16+,17-,18-,19-,20-/m1/s1. The number of fused-ring (bicyclic) bond motifs is 5. The molecule has 0 heterocycles. The number of benzene rings is 1. The molecule has 3 nitrogen and oxygen atoms in total. The maximum Gasteiger partial charge on any atom is 0.130 e. The smallest absolute Gasteiger partial charge is 0.130 e. The summed E-state index contributed by atoms with van der Waals surface area (Å²) < 4.78 is 0. The van der Waals surface area contributed by atoms with Gasteiger partial charge in [0.1, 0.15) is 11.4 Å². The molecule has 0 saturated heterocycles. The predicted molar refractivity (Wildman–Crippen MR) is 87.9 cm³/mol. The third-order valence-electron chi connectivity index (χ3n) is 7.08. The monoisotopic (exact) mass is 312 g/mol. The first kappa shape index (κ1) is 15.1. The molecule has 3 heteroatoms. The number of aliphatic hydroxyl groups is 2. The Morgan fingerprint density at radius 2 is 2.09 bits per heavy atom. The van der Waals surface area contributed by atoms with Gasteiger partial charge in [-0.1, -0.05) is 18.9 Å². The first-order valence-corrected chi connectivity index (χ1v) is 8.59. The molecule has 1 aromatic carbocycles. The molecule has 122 valence electrons. The highest BCUT2D eigenvalue weighted by Gasteiger charge is 2.63. The molecule has 0 amide bonds. The van der Waals surface area contributed by atoms with Crippen molar-refractivity contribution in [1.29, 1.82) is 0 Å². The van der Waals surface area contributed by atoms with E-state index in [1.165, 1.54) is 5.56 Å². The van der Waals surface area contributed by atoms with Gasteiger partial charge in [-0.25, -0.2) is 0 Å². The summed E-state index contributed by atoms with van der Waals surface area (Å²) in [5, 5.41) is 31.6. The van der Waals surface area contributed by atoms with Crippen molar-refractivity contribution in [2.45, 2.75) is 56.7 Å². The second kappa shape index (κ2) is 4.75. The molecule has 23 heavy (non-hydrogen) atoms. The van der Waals surface area contributed by atoms with Crippen LogP contribution in [0.4, 0.5) is 0 Å². The fourth-order valence-electron chi connectivity index (χ4n) is 5.89. The summed E-state index contributed by atoms with van der Waals surface area (Å²) in [4.78, 5) is 0. The van der Waals surface area contributed by atoms with Gasteiger partial charge in [0.25, 0.3) is 0 Å². The Kier molecular flexibility index (Phi) is 3.11. The molecule has 0 aliphatic heterocycles. The van der Waals surface area contributed by atoms with Crippen LogP contribution in [-0.2, 0) is 6.42 Å². The maximum atomic E-state index is 10.9. The zero-order valence-electron chi connectivity index (χ0n) is 13.5. The van der Waals surface area contributed by atoms with Crippen molar-refractivity contribution in [2.75, 3.05) is 0 Å². The van der Waals surface area contributed by atoms with Gasteiger partial charge in [-0.15, -0.1) is 6.42 Å². The zero-order valence-corrected chi connectivity index (χ0v) is 13.5. The lowest BCUT2D eigenvalue weighted by atomic mass is 9.52. The Morgan fingerprint density at radius 3 is 2.83 bits per heavy atom. The van der Waals surface area contributed by atoms with Crippen molar-refractivity contribution in [3.8, 4) is 18.1 Å². The van der Waals surface area contributed by atoms with Crippen LogP contribution >= 0.6 is 0 Å². The molecule has 0 aromatic heterocycles. The molecule has 0 radical (unpaired) electrons.